The fourth-order valence-corrected chi connectivity index (χ4v) is 2.44. The maximum atomic E-state index is 6.00. The first-order valence-corrected chi connectivity index (χ1v) is 6.61. The highest BCUT2D eigenvalue weighted by molar-refractivity contribution is 5.63. The lowest BCUT2D eigenvalue weighted by Gasteiger charge is -2.32. The summed E-state index contributed by atoms with van der Waals surface area (Å²) < 4.78 is 6.00. The molecule has 94 valence electrons. The third kappa shape index (κ3) is 3.03. The van der Waals surface area contributed by atoms with Gasteiger partial charge in [0.1, 0.15) is 5.60 Å². The van der Waals surface area contributed by atoms with E-state index in [1.165, 1.54) is 19.3 Å². The van der Waals surface area contributed by atoms with E-state index in [0.29, 0.717) is 6.61 Å². The molecule has 1 heteroatoms. The number of hydrogen-bond acceptors (Lipinski definition) is 1. The minimum atomic E-state index is -0.351. The quantitative estimate of drug-likeness (QED) is 0.721. The smallest absolute Gasteiger partial charge is 0.128 e. The summed E-state index contributed by atoms with van der Waals surface area (Å²) in [7, 11) is 0. The van der Waals surface area contributed by atoms with Gasteiger partial charge in [-0.2, -0.15) is 0 Å². The van der Waals surface area contributed by atoms with Crippen LogP contribution in [0.3, 0.4) is 0 Å². The third-order valence-corrected chi connectivity index (χ3v) is 3.63. The zero-order valence-electron chi connectivity index (χ0n) is 10.8. The Hall–Kier alpha value is -1.52. The molecule has 0 radical (unpaired) electrons. The van der Waals surface area contributed by atoms with Crippen LogP contribution in [0.4, 0.5) is 0 Å². The van der Waals surface area contributed by atoms with Gasteiger partial charge in [-0.25, -0.2) is 0 Å². The van der Waals surface area contributed by atoms with Crippen LogP contribution in [0, 0.1) is 12.3 Å². The monoisotopic (exact) mass is 240 g/mol. The van der Waals surface area contributed by atoms with Gasteiger partial charge >= 0.3 is 0 Å². The van der Waals surface area contributed by atoms with Crippen molar-refractivity contribution < 1.29 is 4.74 Å². The van der Waals surface area contributed by atoms with E-state index >= 15 is 0 Å². The lowest BCUT2D eigenvalue weighted by atomic mass is 9.85. The number of rotatable bonds is 4. The summed E-state index contributed by atoms with van der Waals surface area (Å²) in [5.74, 6) is 2.86. The molecule has 0 aromatic heterocycles. The molecule has 0 bridgehead atoms. The van der Waals surface area contributed by atoms with E-state index in [1.54, 1.807) is 0 Å². The van der Waals surface area contributed by atoms with Crippen molar-refractivity contribution in [2.24, 2.45) is 0 Å². The van der Waals surface area contributed by atoms with Crippen molar-refractivity contribution in [1.82, 2.24) is 0 Å². The van der Waals surface area contributed by atoms with E-state index in [1.807, 2.05) is 18.2 Å². The van der Waals surface area contributed by atoms with E-state index in [4.69, 9.17) is 11.2 Å². The molecule has 1 fully saturated rings. The minimum absolute atomic E-state index is 0.351. The topological polar surface area (TPSA) is 9.23 Å². The lowest BCUT2D eigenvalue weighted by molar-refractivity contribution is -0.00773. The summed E-state index contributed by atoms with van der Waals surface area (Å²) >= 11 is 0. The third-order valence-electron chi connectivity index (χ3n) is 3.63. The number of hydrogen-bond donors (Lipinski definition) is 0. The van der Waals surface area contributed by atoms with Gasteiger partial charge in [0, 0.05) is 0 Å². The van der Waals surface area contributed by atoms with Gasteiger partial charge in [0.2, 0.25) is 0 Å². The van der Waals surface area contributed by atoms with Crippen LogP contribution in [0.15, 0.2) is 36.9 Å². The molecule has 1 aromatic rings. The van der Waals surface area contributed by atoms with Crippen LogP contribution < -0.4 is 0 Å². The molecule has 1 aliphatic rings. The molecular formula is C17H20O. The molecule has 1 aromatic carbocycles. The standard InChI is InChI=1S/C17H20O/c1-3-17(12-8-5-9-13-17)18-14-15(2)16-10-6-4-7-11-16/h1,4,6-7,10-11H,2,5,8-9,12-14H2. The molecule has 0 amide bonds. The van der Waals surface area contributed by atoms with Crippen molar-refractivity contribution in [2.75, 3.05) is 6.61 Å². The Morgan fingerprint density at radius 1 is 1.22 bits per heavy atom. The molecule has 1 aliphatic carbocycles. The Balaban J connectivity index is 1.95. The Labute approximate surface area is 110 Å². The van der Waals surface area contributed by atoms with Crippen LogP contribution in [0.2, 0.25) is 0 Å². The predicted molar refractivity (Wildman–Crippen MR) is 76.1 cm³/mol. The van der Waals surface area contributed by atoms with Gasteiger partial charge in [-0.05, 0) is 36.8 Å². The number of terminal acetylenes is 1. The fraction of sp³-hybridized carbons (Fsp3) is 0.412. The van der Waals surface area contributed by atoms with Gasteiger partial charge in [-0.15, -0.1) is 6.42 Å². The molecule has 0 spiro atoms. The normalized spacial score (nSPS) is 17.9. The fourth-order valence-electron chi connectivity index (χ4n) is 2.44. The van der Waals surface area contributed by atoms with E-state index in [9.17, 15) is 0 Å². The molecule has 0 aliphatic heterocycles. The van der Waals surface area contributed by atoms with Crippen LogP contribution in [0.1, 0.15) is 37.7 Å². The Bertz CT molecular complexity index is 432. The Morgan fingerprint density at radius 3 is 2.50 bits per heavy atom. The van der Waals surface area contributed by atoms with Crippen LogP contribution >= 0.6 is 0 Å². The van der Waals surface area contributed by atoms with Crippen molar-refractivity contribution in [2.45, 2.75) is 37.7 Å². The zero-order valence-corrected chi connectivity index (χ0v) is 10.8. The van der Waals surface area contributed by atoms with Gasteiger partial charge in [0.05, 0.1) is 6.61 Å². The van der Waals surface area contributed by atoms with Crippen LogP contribution in [-0.2, 0) is 4.74 Å². The van der Waals surface area contributed by atoms with Crippen molar-refractivity contribution >= 4 is 5.57 Å². The van der Waals surface area contributed by atoms with Crippen molar-refractivity contribution in [3.05, 3.63) is 42.5 Å². The second-order valence-corrected chi connectivity index (χ2v) is 4.96. The average molecular weight is 240 g/mol. The Kier molecular flexibility index (Phi) is 4.23. The first-order valence-electron chi connectivity index (χ1n) is 6.61. The van der Waals surface area contributed by atoms with E-state index in [-0.39, 0.29) is 5.60 Å². The SMILES string of the molecule is C#CC1(OCC(=C)c2ccccc2)CCCCC1. The van der Waals surface area contributed by atoms with E-state index in [0.717, 1.165) is 24.0 Å². The first kappa shape index (κ1) is 12.9. The maximum Gasteiger partial charge on any atom is 0.128 e. The highest BCUT2D eigenvalue weighted by atomic mass is 16.5. The molecule has 1 nitrogen and oxygen atoms in total. The van der Waals surface area contributed by atoms with Gasteiger partial charge in [-0.1, -0.05) is 49.3 Å². The van der Waals surface area contributed by atoms with Crippen LogP contribution in [0.25, 0.3) is 5.57 Å². The minimum Gasteiger partial charge on any atom is -0.358 e. The summed E-state index contributed by atoms with van der Waals surface area (Å²) in [4.78, 5) is 0. The molecular weight excluding hydrogens is 220 g/mol. The van der Waals surface area contributed by atoms with Crippen LogP contribution in [0.5, 0.6) is 0 Å². The summed E-state index contributed by atoms with van der Waals surface area (Å²) in [6.07, 6.45) is 11.2. The molecule has 0 N–H and O–H groups in total. The molecule has 0 saturated heterocycles. The molecule has 0 unspecified atom stereocenters. The van der Waals surface area contributed by atoms with E-state index < -0.39 is 0 Å². The van der Waals surface area contributed by atoms with Gasteiger partial charge in [0.15, 0.2) is 0 Å². The van der Waals surface area contributed by atoms with Gasteiger partial charge in [0.25, 0.3) is 0 Å². The van der Waals surface area contributed by atoms with Gasteiger partial charge < -0.3 is 4.74 Å². The second kappa shape index (κ2) is 5.89. The molecule has 0 heterocycles. The van der Waals surface area contributed by atoms with Crippen LogP contribution in [-0.4, -0.2) is 12.2 Å². The summed E-state index contributed by atoms with van der Waals surface area (Å²) in [6, 6.07) is 10.1. The summed E-state index contributed by atoms with van der Waals surface area (Å²) in [5.41, 5.74) is 1.77. The zero-order chi connectivity index (χ0) is 12.8. The predicted octanol–water partition coefficient (Wildman–Crippen LogP) is 4.05. The summed E-state index contributed by atoms with van der Waals surface area (Å²) in [6.45, 7) is 4.60. The van der Waals surface area contributed by atoms with Crippen molar-refractivity contribution in [3.63, 3.8) is 0 Å². The molecule has 2 rings (SSSR count). The average Bonchev–Trinajstić information content (AvgIpc) is 2.47. The molecule has 1 saturated carbocycles. The van der Waals surface area contributed by atoms with Crippen molar-refractivity contribution in [3.8, 4) is 12.3 Å². The van der Waals surface area contributed by atoms with Crippen molar-refractivity contribution in [1.29, 1.82) is 0 Å². The second-order valence-electron chi connectivity index (χ2n) is 4.96. The number of benzene rings is 1. The highest BCUT2D eigenvalue weighted by Gasteiger charge is 2.30. The first-order chi connectivity index (χ1) is 8.76. The highest BCUT2D eigenvalue weighted by Crippen LogP contribution is 2.32. The van der Waals surface area contributed by atoms with Gasteiger partial charge in [-0.3, -0.25) is 0 Å². The van der Waals surface area contributed by atoms with E-state index in [2.05, 4.69) is 24.6 Å². The number of ether oxygens (including phenoxy) is 1. The molecule has 18 heavy (non-hydrogen) atoms. The maximum absolute atomic E-state index is 6.00. The summed E-state index contributed by atoms with van der Waals surface area (Å²) in [5, 5.41) is 0. The largest absolute Gasteiger partial charge is 0.358 e. The molecule has 0 atom stereocenters. The lowest BCUT2D eigenvalue weighted by Crippen LogP contribution is -2.33. The Morgan fingerprint density at radius 2 is 1.89 bits per heavy atom.